The van der Waals surface area contributed by atoms with Gasteiger partial charge >= 0.3 is 12.1 Å². The van der Waals surface area contributed by atoms with Gasteiger partial charge in [0, 0.05) is 25.4 Å². The second-order valence-electron chi connectivity index (χ2n) is 7.69. The van der Waals surface area contributed by atoms with Gasteiger partial charge in [-0.3, -0.25) is 4.79 Å². The number of piperidine rings is 1. The summed E-state index contributed by atoms with van der Waals surface area (Å²) in [5.41, 5.74) is 4.83. The minimum atomic E-state index is -0.779. The van der Waals surface area contributed by atoms with Crippen molar-refractivity contribution in [3.05, 3.63) is 59.7 Å². The van der Waals surface area contributed by atoms with Gasteiger partial charge in [-0.1, -0.05) is 48.5 Å². The molecule has 0 spiro atoms. The summed E-state index contributed by atoms with van der Waals surface area (Å²) in [6.07, 6.45) is 2.35. The molecule has 2 aliphatic rings. The standard InChI is InChI=1S/C23H25NO4/c25-22(26)12-11-16-6-5-13-24(14-16)23(27)28-15-21-19-9-3-1-7-17(19)18-8-2-4-10-20(18)21/h1-4,7-10,16,21H,5-6,11-15H2,(H,25,26). The molecular weight excluding hydrogens is 354 g/mol. The van der Waals surface area contributed by atoms with Gasteiger partial charge in [0.1, 0.15) is 6.61 Å². The number of nitrogens with zero attached hydrogens (tertiary/aromatic N) is 1. The lowest BCUT2D eigenvalue weighted by Crippen LogP contribution is -2.40. The predicted molar refractivity (Wildman–Crippen MR) is 106 cm³/mol. The van der Waals surface area contributed by atoms with Gasteiger partial charge in [-0.2, -0.15) is 0 Å². The molecule has 1 amide bonds. The normalized spacial score (nSPS) is 18.4. The molecule has 28 heavy (non-hydrogen) atoms. The summed E-state index contributed by atoms with van der Waals surface area (Å²) in [7, 11) is 0. The highest BCUT2D eigenvalue weighted by molar-refractivity contribution is 5.79. The maximum absolute atomic E-state index is 12.6. The molecule has 1 fully saturated rings. The molecule has 1 N–H and O–H groups in total. The number of carboxylic acids is 1. The van der Waals surface area contributed by atoms with Crippen LogP contribution in [0.3, 0.4) is 0 Å². The Labute approximate surface area is 164 Å². The van der Waals surface area contributed by atoms with E-state index in [0.29, 0.717) is 26.1 Å². The van der Waals surface area contributed by atoms with Gasteiger partial charge < -0.3 is 14.7 Å². The molecule has 1 saturated heterocycles. The SMILES string of the molecule is O=C(O)CCC1CCCN(C(=O)OCC2c3ccccc3-c3ccccc32)C1. The molecule has 0 radical (unpaired) electrons. The number of carbonyl (C=O) groups excluding carboxylic acids is 1. The number of amides is 1. The van der Waals surface area contributed by atoms with Gasteiger partial charge in [-0.05, 0) is 47.4 Å². The van der Waals surface area contributed by atoms with Crippen molar-refractivity contribution in [1.82, 2.24) is 4.90 Å². The molecule has 2 aromatic carbocycles. The van der Waals surface area contributed by atoms with Crippen LogP contribution in [0.1, 0.15) is 42.7 Å². The number of hydrogen-bond acceptors (Lipinski definition) is 3. The van der Waals surface area contributed by atoms with Crippen molar-refractivity contribution in [3.8, 4) is 11.1 Å². The maximum Gasteiger partial charge on any atom is 0.409 e. The molecule has 0 bridgehead atoms. The van der Waals surface area contributed by atoms with E-state index in [1.165, 1.54) is 22.3 Å². The van der Waals surface area contributed by atoms with Gasteiger partial charge in [-0.25, -0.2) is 4.79 Å². The lowest BCUT2D eigenvalue weighted by atomic mass is 9.94. The summed E-state index contributed by atoms with van der Waals surface area (Å²) in [6, 6.07) is 16.6. The Hall–Kier alpha value is -2.82. The average molecular weight is 379 g/mol. The van der Waals surface area contributed by atoms with Crippen LogP contribution in [-0.4, -0.2) is 41.8 Å². The van der Waals surface area contributed by atoms with Crippen LogP contribution in [0.5, 0.6) is 0 Å². The van der Waals surface area contributed by atoms with Crippen LogP contribution in [-0.2, 0) is 9.53 Å². The first-order valence-corrected chi connectivity index (χ1v) is 9.95. The van der Waals surface area contributed by atoms with E-state index < -0.39 is 5.97 Å². The Kier molecular flexibility index (Phi) is 5.33. The molecule has 1 atom stereocenters. The number of rotatable bonds is 5. The number of carbonyl (C=O) groups is 2. The van der Waals surface area contributed by atoms with Gasteiger partial charge in [0.25, 0.3) is 0 Å². The van der Waals surface area contributed by atoms with Crippen LogP contribution in [0, 0.1) is 5.92 Å². The molecule has 4 rings (SSSR count). The van der Waals surface area contributed by atoms with Crippen LogP contribution < -0.4 is 0 Å². The van der Waals surface area contributed by atoms with Gasteiger partial charge in [0.05, 0.1) is 0 Å². The van der Waals surface area contributed by atoms with Gasteiger partial charge in [-0.15, -0.1) is 0 Å². The van der Waals surface area contributed by atoms with Crippen LogP contribution in [0.25, 0.3) is 11.1 Å². The molecular formula is C23H25NO4. The van der Waals surface area contributed by atoms with E-state index in [1.54, 1.807) is 4.90 Å². The van der Waals surface area contributed by atoms with E-state index in [-0.39, 0.29) is 24.3 Å². The fourth-order valence-electron chi connectivity index (χ4n) is 4.48. The third-order valence-corrected chi connectivity index (χ3v) is 5.88. The van der Waals surface area contributed by atoms with Crippen molar-refractivity contribution in [3.63, 3.8) is 0 Å². The summed E-state index contributed by atoms with van der Waals surface area (Å²) in [4.78, 5) is 25.2. The van der Waals surface area contributed by atoms with Gasteiger partial charge in [0.2, 0.25) is 0 Å². The van der Waals surface area contributed by atoms with Crippen molar-refractivity contribution in [2.75, 3.05) is 19.7 Å². The first kappa shape index (κ1) is 18.5. The minimum absolute atomic E-state index is 0.0592. The highest BCUT2D eigenvalue weighted by Crippen LogP contribution is 2.44. The second-order valence-corrected chi connectivity index (χ2v) is 7.69. The Morgan fingerprint density at radius 3 is 2.32 bits per heavy atom. The van der Waals surface area contributed by atoms with Crippen molar-refractivity contribution < 1.29 is 19.4 Å². The van der Waals surface area contributed by atoms with Crippen LogP contribution in [0.2, 0.25) is 0 Å². The summed E-state index contributed by atoms with van der Waals surface area (Å²) < 4.78 is 5.72. The van der Waals surface area contributed by atoms with Crippen molar-refractivity contribution >= 4 is 12.1 Å². The van der Waals surface area contributed by atoms with E-state index in [1.807, 2.05) is 24.3 Å². The second kappa shape index (κ2) is 8.05. The molecule has 2 aromatic rings. The third-order valence-electron chi connectivity index (χ3n) is 5.88. The van der Waals surface area contributed by atoms with Crippen molar-refractivity contribution in [2.24, 2.45) is 5.92 Å². The minimum Gasteiger partial charge on any atom is -0.481 e. The van der Waals surface area contributed by atoms with Crippen LogP contribution >= 0.6 is 0 Å². The molecule has 5 nitrogen and oxygen atoms in total. The molecule has 146 valence electrons. The summed E-state index contributed by atoms with van der Waals surface area (Å²) in [6.45, 7) is 1.59. The Morgan fingerprint density at radius 2 is 1.68 bits per heavy atom. The Morgan fingerprint density at radius 1 is 1.04 bits per heavy atom. The lowest BCUT2D eigenvalue weighted by molar-refractivity contribution is -0.137. The fraction of sp³-hybridized carbons (Fsp3) is 0.391. The van der Waals surface area contributed by atoms with E-state index in [9.17, 15) is 9.59 Å². The van der Waals surface area contributed by atoms with E-state index in [0.717, 1.165) is 12.8 Å². The quantitative estimate of drug-likeness (QED) is 0.830. The van der Waals surface area contributed by atoms with E-state index in [4.69, 9.17) is 9.84 Å². The zero-order valence-corrected chi connectivity index (χ0v) is 15.8. The molecule has 0 saturated carbocycles. The molecule has 5 heteroatoms. The number of carboxylic acid groups (broad SMARTS) is 1. The molecule has 1 heterocycles. The third kappa shape index (κ3) is 3.75. The average Bonchev–Trinajstić information content (AvgIpc) is 3.04. The summed E-state index contributed by atoms with van der Waals surface area (Å²) in [5.74, 6) is -0.479. The Balaban J connectivity index is 1.40. The van der Waals surface area contributed by atoms with E-state index >= 15 is 0 Å². The van der Waals surface area contributed by atoms with Crippen molar-refractivity contribution in [1.29, 1.82) is 0 Å². The van der Waals surface area contributed by atoms with Crippen LogP contribution in [0.15, 0.2) is 48.5 Å². The molecule has 1 aliphatic carbocycles. The smallest absolute Gasteiger partial charge is 0.409 e. The number of benzene rings is 2. The molecule has 1 aliphatic heterocycles. The fourth-order valence-corrected chi connectivity index (χ4v) is 4.48. The summed E-state index contributed by atoms with van der Waals surface area (Å²) in [5, 5.41) is 8.88. The molecule has 0 aromatic heterocycles. The molecule has 1 unspecified atom stereocenters. The zero-order chi connectivity index (χ0) is 19.5. The highest BCUT2D eigenvalue weighted by atomic mass is 16.6. The number of aliphatic carboxylic acids is 1. The summed E-state index contributed by atoms with van der Waals surface area (Å²) >= 11 is 0. The largest absolute Gasteiger partial charge is 0.481 e. The van der Waals surface area contributed by atoms with Gasteiger partial charge in [0.15, 0.2) is 0 Å². The maximum atomic E-state index is 12.6. The first-order valence-electron chi connectivity index (χ1n) is 9.95. The topological polar surface area (TPSA) is 66.8 Å². The Bertz CT molecular complexity index is 833. The first-order chi connectivity index (χ1) is 13.6. The predicted octanol–water partition coefficient (Wildman–Crippen LogP) is 4.51. The van der Waals surface area contributed by atoms with Crippen molar-refractivity contribution in [2.45, 2.75) is 31.6 Å². The number of likely N-dealkylation sites (tertiary alicyclic amines) is 1. The number of ether oxygens (including phenoxy) is 1. The van der Waals surface area contributed by atoms with E-state index in [2.05, 4.69) is 24.3 Å². The monoisotopic (exact) mass is 379 g/mol. The highest BCUT2D eigenvalue weighted by Gasteiger charge is 2.30. The zero-order valence-electron chi connectivity index (χ0n) is 15.8. The van der Waals surface area contributed by atoms with Crippen LogP contribution in [0.4, 0.5) is 4.79 Å². The number of hydrogen-bond donors (Lipinski definition) is 1. The lowest BCUT2D eigenvalue weighted by Gasteiger charge is -2.32. The number of fused-ring (bicyclic) bond motifs is 3.